The lowest BCUT2D eigenvalue weighted by atomic mass is 9.96. The minimum absolute atomic E-state index is 0.173. The molecule has 0 aliphatic rings. The van der Waals surface area contributed by atoms with Gasteiger partial charge in [-0.25, -0.2) is 0 Å². The van der Waals surface area contributed by atoms with Crippen LogP contribution in [0.15, 0.2) is 0 Å². The van der Waals surface area contributed by atoms with Gasteiger partial charge in [0.05, 0.1) is 7.11 Å². The minimum Gasteiger partial charge on any atom is -0.468 e. The van der Waals surface area contributed by atoms with Gasteiger partial charge in [0.15, 0.2) is 0 Å². The van der Waals surface area contributed by atoms with Crippen molar-refractivity contribution >= 4 is 5.97 Å². The molecule has 1 N–H and O–H groups in total. The monoisotopic (exact) mass is 286 g/mol. The van der Waals surface area contributed by atoms with Crippen LogP contribution in [0.2, 0.25) is 0 Å². The average Bonchev–Trinajstić information content (AvgIpc) is 2.48. The molecule has 0 aromatic carbocycles. The predicted octanol–water partition coefficient (Wildman–Crippen LogP) is 2.82. The van der Waals surface area contributed by atoms with Crippen LogP contribution in [-0.4, -0.2) is 50.2 Å². The molecule has 0 aliphatic heterocycles. The summed E-state index contributed by atoms with van der Waals surface area (Å²) in [6.45, 7) is 9.78. The van der Waals surface area contributed by atoms with Crippen LogP contribution in [0.4, 0.5) is 0 Å². The SMILES string of the molecule is CCCCN(CCCC)CCCC(C)(NC)C(=O)OC. The second kappa shape index (κ2) is 11.1. The van der Waals surface area contributed by atoms with Crippen molar-refractivity contribution in [2.45, 2.75) is 64.8 Å². The summed E-state index contributed by atoms with van der Waals surface area (Å²) in [5.41, 5.74) is -0.560. The van der Waals surface area contributed by atoms with Gasteiger partial charge in [0.1, 0.15) is 5.54 Å². The molecule has 0 rings (SSSR count). The zero-order valence-electron chi connectivity index (χ0n) is 14.1. The van der Waals surface area contributed by atoms with Gasteiger partial charge in [0.2, 0.25) is 0 Å². The maximum Gasteiger partial charge on any atom is 0.325 e. The molecule has 0 aromatic rings. The number of carbonyl (C=O) groups is 1. The van der Waals surface area contributed by atoms with Gasteiger partial charge in [-0.15, -0.1) is 0 Å². The first-order valence-electron chi connectivity index (χ1n) is 8.03. The van der Waals surface area contributed by atoms with Crippen molar-refractivity contribution in [1.82, 2.24) is 10.2 Å². The third-order valence-corrected chi connectivity index (χ3v) is 3.99. The Hall–Kier alpha value is -0.610. The Balaban J connectivity index is 4.21. The van der Waals surface area contributed by atoms with Crippen molar-refractivity contribution in [2.24, 2.45) is 0 Å². The van der Waals surface area contributed by atoms with E-state index < -0.39 is 5.54 Å². The van der Waals surface area contributed by atoms with Crippen LogP contribution in [-0.2, 0) is 9.53 Å². The maximum absolute atomic E-state index is 11.8. The first kappa shape index (κ1) is 19.4. The van der Waals surface area contributed by atoms with Crippen molar-refractivity contribution in [3.8, 4) is 0 Å². The fraction of sp³-hybridized carbons (Fsp3) is 0.938. The highest BCUT2D eigenvalue weighted by Crippen LogP contribution is 2.14. The number of carbonyl (C=O) groups excluding carboxylic acids is 1. The summed E-state index contributed by atoms with van der Waals surface area (Å²) in [5, 5.41) is 3.10. The number of hydrogen-bond donors (Lipinski definition) is 1. The van der Waals surface area contributed by atoms with Gasteiger partial charge in [-0.2, -0.15) is 0 Å². The van der Waals surface area contributed by atoms with Crippen LogP contribution >= 0.6 is 0 Å². The Kier molecular flexibility index (Phi) is 10.8. The summed E-state index contributed by atoms with van der Waals surface area (Å²) < 4.78 is 4.88. The molecule has 0 saturated heterocycles. The Labute approximate surface area is 125 Å². The number of unbranched alkanes of at least 4 members (excludes halogenated alkanes) is 2. The Morgan fingerprint density at radius 1 is 1.10 bits per heavy atom. The summed E-state index contributed by atoms with van der Waals surface area (Å²) >= 11 is 0. The van der Waals surface area contributed by atoms with Crippen molar-refractivity contribution in [3.05, 3.63) is 0 Å². The number of rotatable bonds is 12. The molecule has 0 bridgehead atoms. The second-order valence-electron chi connectivity index (χ2n) is 5.73. The molecular formula is C16H34N2O2. The molecule has 0 radical (unpaired) electrons. The molecule has 0 fully saturated rings. The van der Waals surface area contributed by atoms with Gasteiger partial charge in [0.25, 0.3) is 0 Å². The Morgan fingerprint density at radius 2 is 1.60 bits per heavy atom. The van der Waals surface area contributed by atoms with E-state index in [0.29, 0.717) is 0 Å². The smallest absolute Gasteiger partial charge is 0.325 e. The fourth-order valence-corrected chi connectivity index (χ4v) is 2.31. The maximum atomic E-state index is 11.8. The molecule has 20 heavy (non-hydrogen) atoms. The largest absolute Gasteiger partial charge is 0.468 e. The molecule has 4 heteroatoms. The van der Waals surface area contributed by atoms with Crippen LogP contribution in [0, 0.1) is 0 Å². The molecule has 0 spiro atoms. The van der Waals surface area contributed by atoms with E-state index in [1.807, 2.05) is 14.0 Å². The summed E-state index contributed by atoms with van der Waals surface area (Å²) in [6, 6.07) is 0. The van der Waals surface area contributed by atoms with Gasteiger partial charge in [-0.05, 0) is 59.3 Å². The van der Waals surface area contributed by atoms with E-state index in [9.17, 15) is 4.79 Å². The van der Waals surface area contributed by atoms with E-state index in [0.717, 1.165) is 19.4 Å². The molecule has 0 aliphatic carbocycles. The van der Waals surface area contributed by atoms with E-state index >= 15 is 0 Å². The number of nitrogens with one attached hydrogen (secondary N) is 1. The topological polar surface area (TPSA) is 41.6 Å². The summed E-state index contributed by atoms with van der Waals surface area (Å²) in [7, 11) is 3.27. The Bertz CT molecular complexity index is 251. The zero-order chi connectivity index (χ0) is 15.4. The third-order valence-electron chi connectivity index (χ3n) is 3.99. The minimum atomic E-state index is -0.560. The Morgan fingerprint density at radius 3 is 2.00 bits per heavy atom. The molecule has 1 atom stereocenters. The number of methoxy groups -OCH3 is 1. The first-order chi connectivity index (χ1) is 9.53. The zero-order valence-corrected chi connectivity index (χ0v) is 14.1. The standard InChI is InChI=1S/C16H34N2O2/c1-6-8-12-18(13-9-7-2)14-10-11-16(3,17-4)15(19)20-5/h17H,6-14H2,1-5H3. The summed E-state index contributed by atoms with van der Waals surface area (Å²) in [5.74, 6) is -0.173. The highest BCUT2D eigenvalue weighted by atomic mass is 16.5. The lowest BCUT2D eigenvalue weighted by molar-refractivity contribution is -0.148. The number of likely N-dealkylation sites (N-methyl/N-ethyl adjacent to an activating group) is 1. The van der Waals surface area contributed by atoms with Gasteiger partial charge >= 0.3 is 5.97 Å². The van der Waals surface area contributed by atoms with Gasteiger partial charge < -0.3 is 15.0 Å². The highest BCUT2D eigenvalue weighted by molar-refractivity contribution is 5.80. The quantitative estimate of drug-likeness (QED) is 0.560. The second-order valence-corrected chi connectivity index (χ2v) is 5.73. The van der Waals surface area contributed by atoms with E-state index in [-0.39, 0.29) is 5.97 Å². The number of ether oxygens (including phenoxy) is 1. The molecule has 1 unspecified atom stereocenters. The molecular weight excluding hydrogens is 252 g/mol. The summed E-state index contributed by atoms with van der Waals surface area (Å²) in [6.07, 6.45) is 6.80. The van der Waals surface area contributed by atoms with E-state index in [1.54, 1.807) is 0 Å². The third kappa shape index (κ3) is 7.25. The van der Waals surface area contributed by atoms with Crippen molar-refractivity contribution in [2.75, 3.05) is 33.8 Å². The molecule has 0 aromatic heterocycles. The number of nitrogens with zero attached hydrogens (tertiary/aromatic N) is 1. The average molecular weight is 286 g/mol. The predicted molar refractivity (Wildman–Crippen MR) is 85.0 cm³/mol. The molecule has 0 saturated carbocycles. The molecule has 4 nitrogen and oxygen atoms in total. The number of esters is 1. The van der Waals surface area contributed by atoms with Crippen LogP contribution in [0.5, 0.6) is 0 Å². The van der Waals surface area contributed by atoms with Gasteiger partial charge in [0, 0.05) is 0 Å². The van der Waals surface area contributed by atoms with Crippen LogP contribution in [0.3, 0.4) is 0 Å². The molecule has 0 heterocycles. The van der Waals surface area contributed by atoms with E-state index in [4.69, 9.17) is 4.74 Å². The van der Waals surface area contributed by atoms with E-state index in [1.165, 1.54) is 45.9 Å². The van der Waals surface area contributed by atoms with Crippen LogP contribution < -0.4 is 5.32 Å². The van der Waals surface area contributed by atoms with Crippen molar-refractivity contribution in [3.63, 3.8) is 0 Å². The van der Waals surface area contributed by atoms with Gasteiger partial charge in [-0.1, -0.05) is 26.7 Å². The van der Waals surface area contributed by atoms with Crippen LogP contribution in [0.25, 0.3) is 0 Å². The number of hydrogen-bond acceptors (Lipinski definition) is 4. The normalized spacial score (nSPS) is 14.3. The molecule has 120 valence electrons. The summed E-state index contributed by atoms with van der Waals surface area (Å²) in [4.78, 5) is 14.3. The van der Waals surface area contributed by atoms with Crippen LogP contribution in [0.1, 0.15) is 59.3 Å². The first-order valence-corrected chi connectivity index (χ1v) is 8.03. The van der Waals surface area contributed by atoms with Crippen molar-refractivity contribution < 1.29 is 9.53 Å². The fourth-order valence-electron chi connectivity index (χ4n) is 2.31. The van der Waals surface area contributed by atoms with E-state index in [2.05, 4.69) is 24.1 Å². The lowest BCUT2D eigenvalue weighted by Gasteiger charge is -2.28. The highest BCUT2D eigenvalue weighted by Gasteiger charge is 2.31. The van der Waals surface area contributed by atoms with Crippen molar-refractivity contribution in [1.29, 1.82) is 0 Å². The molecule has 0 amide bonds. The van der Waals surface area contributed by atoms with Gasteiger partial charge in [-0.3, -0.25) is 4.79 Å². The lowest BCUT2D eigenvalue weighted by Crippen LogP contribution is -2.48.